The van der Waals surface area contributed by atoms with E-state index in [1.54, 1.807) is 12.1 Å². The number of hydrogen-bond acceptors (Lipinski definition) is 4. The first kappa shape index (κ1) is 10.3. The molecule has 0 aliphatic rings. The summed E-state index contributed by atoms with van der Waals surface area (Å²) in [5.41, 5.74) is 1.09. The van der Waals surface area contributed by atoms with Crippen LogP contribution in [-0.2, 0) is 9.84 Å². The molecule has 0 saturated carbocycles. The molecule has 0 fully saturated rings. The lowest BCUT2D eigenvalue weighted by Gasteiger charge is -2.00. The highest BCUT2D eigenvalue weighted by Crippen LogP contribution is 2.16. The minimum atomic E-state index is -3.25. The van der Waals surface area contributed by atoms with Crippen molar-refractivity contribution in [2.45, 2.75) is 4.90 Å². The molecular weight excluding hydrogens is 236 g/mol. The van der Waals surface area contributed by atoms with Crippen molar-refractivity contribution in [2.75, 3.05) is 6.26 Å². The van der Waals surface area contributed by atoms with Gasteiger partial charge < -0.3 is 0 Å². The first-order valence-electron chi connectivity index (χ1n) is 4.09. The van der Waals surface area contributed by atoms with Crippen molar-refractivity contribution in [1.82, 2.24) is 9.97 Å². The maximum absolute atomic E-state index is 11.3. The van der Waals surface area contributed by atoms with E-state index in [1.165, 1.54) is 12.3 Å². The van der Waals surface area contributed by atoms with Crippen molar-refractivity contribution in [3.8, 4) is 0 Å². The molecule has 0 N–H and O–H groups in total. The summed E-state index contributed by atoms with van der Waals surface area (Å²) >= 11 is 5.70. The number of nitrogens with zero attached hydrogens (tertiary/aromatic N) is 2. The third-order valence-corrected chi connectivity index (χ3v) is 3.20. The minimum absolute atomic E-state index is 0.143. The summed E-state index contributed by atoms with van der Waals surface area (Å²) in [4.78, 5) is 8.12. The van der Waals surface area contributed by atoms with E-state index in [-0.39, 0.29) is 4.90 Å². The van der Waals surface area contributed by atoms with Crippen LogP contribution >= 0.6 is 11.6 Å². The molecule has 2 aromatic heterocycles. The average Bonchev–Trinajstić information content (AvgIpc) is 2.15. The van der Waals surface area contributed by atoms with Crippen molar-refractivity contribution in [1.29, 1.82) is 0 Å². The molecule has 6 heteroatoms. The Hall–Kier alpha value is -1.20. The quantitative estimate of drug-likeness (QED) is 0.714. The summed E-state index contributed by atoms with van der Waals surface area (Å²) in [5.74, 6) is 0. The monoisotopic (exact) mass is 242 g/mol. The molecule has 2 aromatic rings. The lowest BCUT2D eigenvalue weighted by atomic mass is 10.3. The molecular formula is C9H7ClN2O2S. The highest BCUT2D eigenvalue weighted by Gasteiger charge is 2.09. The van der Waals surface area contributed by atoms with Crippen LogP contribution in [0.25, 0.3) is 11.0 Å². The van der Waals surface area contributed by atoms with Crippen LogP contribution in [0.4, 0.5) is 0 Å². The maximum Gasteiger partial charge on any atom is 0.177 e. The fourth-order valence-electron chi connectivity index (χ4n) is 1.17. The molecule has 0 aliphatic carbocycles. The van der Waals surface area contributed by atoms with Gasteiger partial charge in [0, 0.05) is 12.5 Å². The van der Waals surface area contributed by atoms with Crippen molar-refractivity contribution in [3.05, 3.63) is 29.5 Å². The zero-order valence-electron chi connectivity index (χ0n) is 7.81. The Balaban J connectivity index is 2.75. The van der Waals surface area contributed by atoms with Crippen LogP contribution in [0.15, 0.2) is 29.3 Å². The molecule has 15 heavy (non-hydrogen) atoms. The molecule has 0 bridgehead atoms. The van der Waals surface area contributed by atoms with E-state index in [0.29, 0.717) is 16.2 Å². The van der Waals surface area contributed by atoms with Crippen LogP contribution in [0.1, 0.15) is 0 Å². The largest absolute Gasteiger partial charge is 0.253 e. The SMILES string of the molecule is CS(=O)(=O)c1cnc2ccc(Cl)nc2c1. The van der Waals surface area contributed by atoms with Crippen molar-refractivity contribution < 1.29 is 8.42 Å². The minimum Gasteiger partial charge on any atom is -0.253 e. The lowest BCUT2D eigenvalue weighted by molar-refractivity contribution is 0.601. The Morgan fingerprint density at radius 2 is 2.00 bits per heavy atom. The van der Waals surface area contributed by atoms with Gasteiger partial charge in [0.25, 0.3) is 0 Å². The molecule has 0 saturated heterocycles. The smallest absolute Gasteiger partial charge is 0.177 e. The van der Waals surface area contributed by atoms with Crippen LogP contribution < -0.4 is 0 Å². The zero-order valence-corrected chi connectivity index (χ0v) is 9.38. The Kier molecular flexibility index (Phi) is 2.36. The molecule has 0 atom stereocenters. The Bertz CT molecular complexity index is 625. The summed E-state index contributed by atoms with van der Waals surface area (Å²) in [5, 5.41) is 0.315. The highest BCUT2D eigenvalue weighted by atomic mass is 35.5. The molecule has 0 aromatic carbocycles. The van der Waals surface area contributed by atoms with Gasteiger partial charge in [-0.05, 0) is 18.2 Å². The van der Waals surface area contributed by atoms with Crippen LogP contribution in [0.2, 0.25) is 5.15 Å². The van der Waals surface area contributed by atoms with E-state index in [4.69, 9.17) is 11.6 Å². The van der Waals surface area contributed by atoms with Crippen molar-refractivity contribution in [3.63, 3.8) is 0 Å². The van der Waals surface area contributed by atoms with Gasteiger partial charge in [-0.2, -0.15) is 0 Å². The maximum atomic E-state index is 11.3. The van der Waals surface area contributed by atoms with Gasteiger partial charge in [0.15, 0.2) is 9.84 Å². The molecule has 0 unspecified atom stereocenters. The summed E-state index contributed by atoms with van der Waals surface area (Å²) in [7, 11) is -3.25. The molecule has 4 nitrogen and oxygen atoms in total. The number of halogens is 1. The molecule has 0 amide bonds. The number of hydrogen-bond donors (Lipinski definition) is 0. The van der Waals surface area contributed by atoms with Gasteiger partial charge in [0.05, 0.1) is 15.9 Å². The fourth-order valence-corrected chi connectivity index (χ4v) is 1.89. The van der Waals surface area contributed by atoms with Gasteiger partial charge in [-0.3, -0.25) is 4.98 Å². The normalized spacial score (nSPS) is 11.9. The summed E-state index contributed by atoms with van der Waals surface area (Å²) in [6.07, 6.45) is 2.44. The van der Waals surface area contributed by atoms with E-state index >= 15 is 0 Å². The van der Waals surface area contributed by atoms with Crippen LogP contribution in [0.3, 0.4) is 0 Å². The number of pyridine rings is 2. The molecule has 2 heterocycles. The fraction of sp³-hybridized carbons (Fsp3) is 0.111. The van der Waals surface area contributed by atoms with E-state index in [2.05, 4.69) is 9.97 Å². The summed E-state index contributed by atoms with van der Waals surface area (Å²) < 4.78 is 22.5. The van der Waals surface area contributed by atoms with Crippen LogP contribution in [0, 0.1) is 0 Å². The van der Waals surface area contributed by atoms with E-state index in [0.717, 1.165) is 6.26 Å². The number of rotatable bonds is 1. The van der Waals surface area contributed by atoms with E-state index < -0.39 is 9.84 Å². The van der Waals surface area contributed by atoms with Gasteiger partial charge in [-0.1, -0.05) is 11.6 Å². The average molecular weight is 243 g/mol. The second-order valence-electron chi connectivity index (χ2n) is 3.12. The predicted octanol–water partition coefficient (Wildman–Crippen LogP) is 1.69. The van der Waals surface area contributed by atoms with Gasteiger partial charge >= 0.3 is 0 Å². The van der Waals surface area contributed by atoms with Crippen molar-refractivity contribution in [2.24, 2.45) is 0 Å². The van der Waals surface area contributed by atoms with Crippen LogP contribution in [-0.4, -0.2) is 24.6 Å². The van der Waals surface area contributed by atoms with Crippen molar-refractivity contribution >= 4 is 32.5 Å². The summed E-state index contributed by atoms with van der Waals surface area (Å²) in [6.45, 7) is 0. The number of fused-ring (bicyclic) bond motifs is 1. The first-order chi connectivity index (χ1) is 6.97. The lowest BCUT2D eigenvalue weighted by Crippen LogP contribution is -1.98. The third kappa shape index (κ3) is 2.08. The first-order valence-corrected chi connectivity index (χ1v) is 6.36. The Morgan fingerprint density at radius 1 is 1.27 bits per heavy atom. The number of aromatic nitrogens is 2. The second kappa shape index (κ2) is 3.43. The van der Waals surface area contributed by atoms with Gasteiger partial charge in [-0.25, -0.2) is 13.4 Å². The molecule has 0 spiro atoms. The molecule has 2 rings (SSSR count). The van der Waals surface area contributed by atoms with Gasteiger partial charge in [0.1, 0.15) is 5.15 Å². The second-order valence-corrected chi connectivity index (χ2v) is 5.52. The zero-order chi connectivity index (χ0) is 11.1. The molecule has 0 radical (unpaired) electrons. The molecule has 78 valence electrons. The van der Waals surface area contributed by atoms with Gasteiger partial charge in [0.2, 0.25) is 0 Å². The Morgan fingerprint density at radius 3 is 2.67 bits per heavy atom. The molecule has 0 aliphatic heterocycles. The third-order valence-electron chi connectivity index (χ3n) is 1.91. The topological polar surface area (TPSA) is 59.9 Å². The van der Waals surface area contributed by atoms with Crippen LogP contribution in [0.5, 0.6) is 0 Å². The van der Waals surface area contributed by atoms with E-state index in [9.17, 15) is 8.42 Å². The summed E-state index contributed by atoms with van der Waals surface area (Å²) in [6, 6.07) is 4.76. The van der Waals surface area contributed by atoms with E-state index in [1.807, 2.05) is 0 Å². The standard InChI is InChI=1S/C9H7ClN2O2S/c1-15(13,14)6-4-8-7(11-5-6)2-3-9(10)12-8/h2-5H,1H3. The highest BCUT2D eigenvalue weighted by molar-refractivity contribution is 7.90. The number of sulfone groups is 1. The predicted molar refractivity (Wildman–Crippen MR) is 57.7 cm³/mol. The Labute approximate surface area is 91.8 Å². The van der Waals surface area contributed by atoms with Gasteiger partial charge in [-0.15, -0.1) is 0 Å².